The molecule has 0 spiro atoms. The molecule has 0 saturated heterocycles. The normalized spacial score (nSPS) is 18.3. The summed E-state index contributed by atoms with van der Waals surface area (Å²) >= 11 is 9.00. The van der Waals surface area contributed by atoms with E-state index in [2.05, 4.69) is 15.9 Å². The van der Waals surface area contributed by atoms with Crippen LogP contribution in [-0.2, 0) is 4.79 Å². The average molecular weight is 363 g/mol. The molecule has 1 saturated carbocycles. The molecule has 0 amide bonds. The Bertz CT molecular complexity index is 549. The lowest BCUT2D eigenvalue weighted by molar-refractivity contribution is -0.385. The molecule has 20 heavy (non-hydrogen) atoms. The van der Waals surface area contributed by atoms with Gasteiger partial charge in [0.05, 0.1) is 16.0 Å². The molecule has 1 atom stereocenters. The van der Waals surface area contributed by atoms with Crippen LogP contribution in [0.15, 0.2) is 16.6 Å². The lowest BCUT2D eigenvalue weighted by Gasteiger charge is -2.11. The monoisotopic (exact) mass is 361 g/mol. The lowest BCUT2D eigenvalue weighted by Crippen LogP contribution is -2.11. The van der Waals surface area contributed by atoms with Crippen LogP contribution in [0.1, 0.15) is 25.7 Å². The van der Waals surface area contributed by atoms with Gasteiger partial charge in [0.15, 0.2) is 0 Å². The van der Waals surface area contributed by atoms with Crippen molar-refractivity contribution in [2.75, 3.05) is 6.61 Å². The molecule has 108 valence electrons. The average Bonchev–Trinajstić information content (AvgIpc) is 2.77. The van der Waals surface area contributed by atoms with Gasteiger partial charge in [0, 0.05) is 23.4 Å². The van der Waals surface area contributed by atoms with E-state index >= 15 is 0 Å². The number of ether oxygens (including phenoxy) is 1. The minimum Gasteiger partial charge on any atom is -0.486 e. The van der Waals surface area contributed by atoms with Crippen LogP contribution in [0, 0.1) is 16.0 Å². The van der Waals surface area contributed by atoms with Crippen molar-refractivity contribution in [1.29, 1.82) is 0 Å². The van der Waals surface area contributed by atoms with Crippen LogP contribution in [0.5, 0.6) is 5.75 Å². The minimum absolute atomic E-state index is 0.0279. The Morgan fingerprint density at radius 1 is 1.50 bits per heavy atom. The van der Waals surface area contributed by atoms with Gasteiger partial charge in [-0.15, -0.1) is 0 Å². The molecule has 1 aliphatic rings. The van der Waals surface area contributed by atoms with E-state index in [0.717, 1.165) is 12.8 Å². The maximum Gasteiger partial charge on any atom is 0.313 e. The van der Waals surface area contributed by atoms with E-state index < -0.39 is 4.92 Å². The molecular formula is C13H13BrClNO4. The van der Waals surface area contributed by atoms with Crippen LogP contribution in [0.25, 0.3) is 0 Å². The van der Waals surface area contributed by atoms with Gasteiger partial charge in [-0.2, -0.15) is 0 Å². The number of rotatable bonds is 5. The van der Waals surface area contributed by atoms with Gasteiger partial charge in [0.1, 0.15) is 5.78 Å². The highest BCUT2D eigenvalue weighted by Gasteiger charge is 2.25. The van der Waals surface area contributed by atoms with E-state index in [9.17, 15) is 14.9 Å². The van der Waals surface area contributed by atoms with Crippen LogP contribution in [0.4, 0.5) is 5.69 Å². The summed E-state index contributed by atoms with van der Waals surface area (Å²) in [6.45, 7) is 0.275. The van der Waals surface area contributed by atoms with E-state index in [4.69, 9.17) is 16.3 Å². The van der Waals surface area contributed by atoms with Gasteiger partial charge in [-0.05, 0) is 41.3 Å². The molecule has 0 bridgehead atoms. The van der Waals surface area contributed by atoms with Crippen LogP contribution < -0.4 is 4.74 Å². The zero-order chi connectivity index (χ0) is 14.7. The summed E-state index contributed by atoms with van der Waals surface area (Å²) in [6, 6.07) is 2.80. The van der Waals surface area contributed by atoms with E-state index in [1.807, 2.05) is 0 Å². The smallest absolute Gasteiger partial charge is 0.313 e. The molecule has 0 radical (unpaired) electrons. The largest absolute Gasteiger partial charge is 0.486 e. The van der Waals surface area contributed by atoms with Gasteiger partial charge < -0.3 is 4.74 Å². The number of Topliss-reactive ketones (excluding diaryl/α,β-unsaturated/α-hetero) is 1. The fourth-order valence-corrected chi connectivity index (χ4v) is 3.23. The number of carbonyl (C=O) groups excluding carboxylic acids is 1. The van der Waals surface area contributed by atoms with E-state index in [-0.39, 0.29) is 34.8 Å². The maximum absolute atomic E-state index is 11.5. The van der Waals surface area contributed by atoms with Crippen LogP contribution in [0.2, 0.25) is 5.02 Å². The third-order valence-corrected chi connectivity index (χ3v) is 4.14. The molecule has 7 heteroatoms. The zero-order valence-electron chi connectivity index (χ0n) is 10.6. The van der Waals surface area contributed by atoms with E-state index in [1.165, 1.54) is 6.07 Å². The number of hydrogen-bond donors (Lipinski definition) is 0. The molecule has 1 aromatic rings. The zero-order valence-corrected chi connectivity index (χ0v) is 12.9. The maximum atomic E-state index is 11.5. The Morgan fingerprint density at radius 3 is 2.85 bits per heavy atom. The molecule has 2 rings (SSSR count). The first kappa shape index (κ1) is 15.3. The number of nitrogens with zero attached hydrogens (tertiary/aromatic N) is 1. The molecular weight excluding hydrogens is 350 g/mol. The molecule has 0 heterocycles. The van der Waals surface area contributed by atoms with Crippen molar-refractivity contribution in [3.05, 3.63) is 31.7 Å². The van der Waals surface area contributed by atoms with Gasteiger partial charge in [-0.25, -0.2) is 0 Å². The first-order valence-corrected chi connectivity index (χ1v) is 7.45. The number of benzene rings is 1. The molecule has 0 N–H and O–H groups in total. The third kappa shape index (κ3) is 3.49. The number of ketones is 1. The number of nitro groups is 1. The van der Waals surface area contributed by atoms with Crippen molar-refractivity contribution in [2.24, 2.45) is 5.92 Å². The highest BCUT2D eigenvalue weighted by molar-refractivity contribution is 9.10. The quantitative estimate of drug-likeness (QED) is 0.583. The molecule has 0 aliphatic heterocycles. The third-order valence-electron chi connectivity index (χ3n) is 3.33. The Morgan fingerprint density at radius 2 is 2.25 bits per heavy atom. The second-order valence-corrected chi connectivity index (χ2v) is 5.98. The van der Waals surface area contributed by atoms with Gasteiger partial charge >= 0.3 is 5.69 Å². The highest BCUT2D eigenvalue weighted by Crippen LogP contribution is 2.38. The SMILES string of the molecule is O=C1CCCC1CCOc1c(Br)cc(Cl)cc1[N+](=O)[O-]. The van der Waals surface area contributed by atoms with Crippen molar-refractivity contribution in [3.8, 4) is 5.75 Å². The second-order valence-electron chi connectivity index (χ2n) is 4.69. The molecule has 1 aromatic carbocycles. The molecule has 0 aromatic heterocycles. The highest BCUT2D eigenvalue weighted by atomic mass is 79.9. The standard InChI is InChI=1S/C13H13BrClNO4/c14-10-6-9(15)7-11(16(18)19)13(10)20-5-4-8-2-1-3-12(8)17/h6-8H,1-5H2. The van der Waals surface area contributed by atoms with Crippen LogP contribution in [-0.4, -0.2) is 17.3 Å². The molecule has 5 nitrogen and oxygen atoms in total. The number of carbonyl (C=O) groups is 1. The topological polar surface area (TPSA) is 69.4 Å². The fraction of sp³-hybridized carbons (Fsp3) is 0.462. The Hall–Kier alpha value is -1.14. The second kappa shape index (κ2) is 6.54. The minimum atomic E-state index is -0.535. The summed E-state index contributed by atoms with van der Waals surface area (Å²) in [5, 5.41) is 11.3. The molecule has 1 unspecified atom stereocenters. The first-order chi connectivity index (χ1) is 9.49. The predicted molar refractivity (Wildman–Crippen MR) is 78.3 cm³/mol. The summed E-state index contributed by atoms with van der Waals surface area (Å²) in [5.74, 6) is 0.447. The summed E-state index contributed by atoms with van der Waals surface area (Å²) < 4.78 is 5.93. The van der Waals surface area contributed by atoms with Crippen molar-refractivity contribution in [3.63, 3.8) is 0 Å². The van der Waals surface area contributed by atoms with Crippen LogP contribution in [0.3, 0.4) is 0 Å². The number of nitro benzene ring substituents is 1. The Kier molecular flexibility index (Phi) is 4.99. The Labute approximate surface area is 129 Å². The summed E-state index contributed by atoms with van der Waals surface area (Å²) in [7, 11) is 0. The van der Waals surface area contributed by atoms with Crippen molar-refractivity contribution in [1.82, 2.24) is 0 Å². The number of halogens is 2. The van der Waals surface area contributed by atoms with Crippen molar-refractivity contribution >= 4 is 39.0 Å². The first-order valence-electron chi connectivity index (χ1n) is 6.28. The van der Waals surface area contributed by atoms with E-state index in [0.29, 0.717) is 17.3 Å². The van der Waals surface area contributed by atoms with E-state index in [1.54, 1.807) is 6.07 Å². The Balaban J connectivity index is 2.05. The van der Waals surface area contributed by atoms with Gasteiger partial charge in [0.2, 0.25) is 5.75 Å². The van der Waals surface area contributed by atoms with Crippen molar-refractivity contribution < 1.29 is 14.5 Å². The number of hydrogen-bond acceptors (Lipinski definition) is 4. The van der Waals surface area contributed by atoms with Crippen LogP contribution >= 0.6 is 27.5 Å². The van der Waals surface area contributed by atoms with Gasteiger partial charge in [-0.3, -0.25) is 14.9 Å². The predicted octanol–water partition coefficient (Wildman–Crippen LogP) is 4.15. The van der Waals surface area contributed by atoms with Gasteiger partial charge in [0.25, 0.3) is 0 Å². The lowest BCUT2D eigenvalue weighted by atomic mass is 10.0. The van der Waals surface area contributed by atoms with Gasteiger partial charge in [-0.1, -0.05) is 11.6 Å². The summed E-state index contributed by atoms with van der Waals surface area (Å²) in [6.07, 6.45) is 3.03. The summed E-state index contributed by atoms with van der Waals surface area (Å²) in [5.41, 5.74) is -0.179. The molecule has 1 aliphatic carbocycles. The van der Waals surface area contributed by atoms with Crippen molar-refractivity contribution in [2.45, 2.75) is 25.7 Å². The summed E-state index contributed by atoms with van der Waals surface area (Å²) in [4.78, 5) is 22.0. The fourth-order valence-electron chi connectivity index (χ4n) is 2.32. The molecule has 1 fully saturated rings.